The summed E-state index contributed by atoms with van der Waals surface area (Å²) in [6.07, 6.45) is 7.92. The third-order valence-corrected chi connectivity index (χ3v) is 8.76. The average molecular weight is 447 g/mol. The summed E-state index contributed by atoms with van der Waals surface area (Å²) in [6, 6.07) is 4.65. The average Bonchev–Trinajstić information content (AvgIpc) is 3.36. The SMILES string of the molecule is C=CCC1=C(c2cc3c(cc2C)C2(CCN(OC)CC2)C(=O)N3CC)CCCC23CN2N=C13. The van der Waals surface area contributed by atoms with Gasteiger partial charge in [0.2, 0.25) is 5.91 Å². The van der Waals surface area contributed by atoms with Gasteiger partial charge in [0.1, 0.15) is 5.54 Å². The minimum atomic E-state index is -0.415. The molecule has 0 bridgehead atoms. The molecule has 5 aliphatic rings. The van der Waals surface area contributed by atoms with Gasteiger partial charge in [-0.3, -0.25) is 9.80 Å². The van der Waals surface area contributed by atoms with Crippen molar-refractivity contribution in [1.82, 2.24) is 10.1 Å². The first-order chi connectivity index (χ1) is 16.0. The molecule has 1 aliphatic carbocycles. The van der Waals surface area contributed by atoms with Gasteiger partial charge < -0.3 is 9.74 Å². The molecular weight excluding hydrogens is 412 g/mol. The smallest absolute Gasteiger partial charge is 0.237 e. The fourth-order valence-electron chi connectivity index (χ4n) is 6.85. The van der Waals surface area contributed by atoms with Gasteiger partial charge in [0.15, 0.2) is 0 Å². The van der Waals surface area contributed by atoms with Crippen LogP contribution in [0.3, 0.4) is 0 Å². The molecule has 6 nitrogen and oxygen atoms in total. The normalized spacial score (nSPS) is 27.6. The van der Waals surface area contributed by atoms with E-state index in [-0.39, 0.29) is 11.4 Å². The lowest BCUT2D eigenvalue weighted by molar-refractivity contribution is -0.156. The topological polar surface area (TPSA) is 48.1 Å². The van der Waals surface area contributed by atoms with Crippen LogP contribution in [-0.2, 0) is 15.0 Å². The number of nitrogens with zero attached hydrogens (tertiary/aromatic N) is 4. The molecule has 1 atom stereocenters. The zero-order chi connectivity index (χ0) is 23.0. The van der Waals surface area contributed by atoms with Crippen LogP contribution >= 0.6 is 0 Å². The summed E-state index contributed by atoms with van der Waals surface area (Å²) in [4.78, 5) is 21.2. The van der Waals surface area contributed by atoms with Gasteiger partial charge in [-0.05, 0) is 86.3 Å². The molecule has 4 heterocycles. The summed E-state index contributed by atoms with van der Waals surface area (Å²) in [5.74, 6) is 0.268. The molecule has 0 saturated carbocycles. The number of likely N-dealkylation sites (N-methyl/N-ethyl adjacent to an activating group) is 1. The molecule has 6 heteroatoms. The molecule has 1 aromatic rings. The summed E-state index contributed by atoms with van der Waals surface area (Å²) < 4.78 is 0. The standard InChI is InChI=1S/C27H34N4O2/c1-5-8-20-19(9-7-10-27-17-31(27)28-24(20)27)21-16-23-22(15-18(21)3)26(25(32)30(23)6-2)11-13-29(33-4)14-12-26/h5,15-16H,1,6-14,17H2,2-4H3. The van der Waals surface area contributed by atoms with E-state index in [4.69, 9.17) is 9.94 Å². The van der Waals surface area contributed by atoms with Gasteiger partial charge in [0, 0.05) is 25.3 Å². The second-order valence-electron chi connectivity index (χ2n) is 10.3. The largest absolute Gasteiger partial charge is 0.312 e. The molecule has 1 aromatic carbocycles. The Morgan fingerprint density at radius 2 is 2.03 bits per heavy atom. The highest BCUT2D eigenvalue weighted by Crippen LogP contribution is 2.54. The maximum absolute atomic E-state index is 13.8. The van der Waals surface area contributed by atoms with E-state index in [9.17, 15) is 4.79 Å². The molecule has 2 spiro atoms. The molecule has 1 unspecified atom stereocenters. The zero-order valence-corrected chi connectivity index (χ0v) is 20.1. The first-order valence-corrected chi connectivity index (χ1v) is 12.5. The molecule has 1 amide bonds. The minimum Gasteiger partial charge on any atom is -0.312 e. The Morgan fingerprint density at radius 1 is 1.24 bits per heavy atom. The lowest BCUT2D eigenvalue weighted by atomic mass is 9.73. The highest BCUT2D eigenvalue weighted by molar-refractivity contribution is 6.17. The van der Waals surface area contributed by atoms with E-state index in [0.717, 1.165) is 51.0 Å². The number of hydrogen-bond donors (Lipinski definition) is 0. The lowest BCUT2D eigenvalue weighted by Crippen LogP contribution is -2.48. The van der Waals surface area contributed by atoms with E-state index >= 15 is 0 Å². The van der Waals surface area contributed by atoms with Crippen molar-refractivity contribution in [1.29, 1.82) is 0 Å². The number of hydrazone groups is 1. The lowest BCUT2D eigenvalue weighted by Gasteiger charge is -2.37. The van der Waals surface area contributed by atoms with Crippen LogP contribution in [-0.4, -0.2) is 60.5 Å². The Balaban J connectivity index is 1.47. The summed E-state index contributed by atoms with van der Waals surface area (Å²) in [7, 11) is 1.72. The Morgan fingerprint density at radius 3 is 2.67 bits per heavy atom. The first kappa shape index (κ1) is 21.1. The van der Waals surface area contributed by atoms with Crippen LogP contribution in [0, 0.1) is 6.92 Å². The van der Waals surface area contributed by atoms with Crippen LogP contribution in [0.4, 0.5) is 5.69 Å². The number of anilines is 1. The Labute approximate surface area is 196 Å². The Bertz CT molecular complexity index is 1110. The van der Waals surface area contributed by atoms with Gasteiger partial charge in [0.05, 0.1) is 24.8 Å². The highest BCUT2D eigenvalue weighted by Gasteiger charge is 2.64. The third kappa shape index (κ3) is 2.74. The molecule has 2 saturated heterocycles. The summed E-state index contributed by atoms with van der Waals surface area (Å²) in [5, 5.41) is 9.06. The zero-order valence-electron chi connectivity index (χ0n) is 20.1. The number of amides is 1. The van der Waals surface area contributed by atoms with Gasteiger partial charge in [-0.25, -0.2) is 0 Å². The van der Waals surface area contributed by atoms with E-state index < -0.39 is 5.41 Å². The quantitative estimate of drug-likeness (QED) is 0.503. The van der Waals surface area contributed by atoms with E-state index in [1.165, 1.54) is 46.4 Å². The number of carbonyl (C=O) groups excluding carboxylic acids is 1. The van der Waals surface area contributed by atoms with E-state index in [1.807, 2.05) is 16.0 Å². The molecule has 2 fully saturated rings. The Kier molecular flexibility index (Phi) is 4.66. The molecule has 33 heavy (non-hydrogen) atoms. The van der Waals surface area contributed by atoms with Crippen molar-refractivity contribution >= 4 is 22.9 Å². The van der Waals surface area contributed by atoms with Crippen molar-refractivity contribution in [3.63, 3.8) is 0 Å². The van der Waals surface area contributed by atoms with E-state index in [2.05, 4.69) is 37.6 Å². The number of rotatable bonds is 5. The highest BCUT2D eigenvalue weighted by atomic mass is 16.7. The number of hydrogen-bond acceptors (Lipinski definition) is 5. The molecule has 4 aliphatic heterocycles. The number of carbonyl (C=O) groups is 1. The van der Waals surface area contributed by atoms with Gasteiger partial charge in [-0.2, -0.15) is 10.2 Å². The van der Waals surface area contributed by atoms with Crippen LogP contribution in [0.25, 0.3) is 5.57 Å². The molecule has 0 N–H and O–H groups in total. The van der Waals surface area contributed by atoms with Crippen LogP contribution in [0.1, 0.15) is 62.1 Å². The number of hydroxylamine groups is 2. The van der Waals surface area contributed by atoms with E-state index in [0.29, 0.717) is 6.54 Å². The van der Waals surface area contributed by atoms with Crippen LogP contribution < -0.4 is 4.90 Å². The van der Waals surface area contributed by atoms with Gasteiger partial charge in [0.25, 0.3) is 0 Å². The second kappa shape index (κ2) is 7.28. The van der Waals surface area contributed by atoms with Crippen LogP contribution in [0.5, 0.6) is 0 Å². The predicted octanol–water partition coefficient (Wildman–Crippen LogP) is 4.19. The van der Waals surface area contributed by atoms with Gasteiger partial charge in [-0.15, -0.1) is 6.58 Å². The summed E-state index contributed by atoms with van der Waals surface area (Å²) in [6.45, 7) is 11.7. The minimum absolute atomic E-state index is 0.218. The van der Waals surface area contributed by atoms with Crippen molar-refractivity contribution in [3.8, 4) is 0 Å². The molecular formula is C27H34N4O2. The van der Waals surface area contributed by atoms with Crippen molar-refractivity contribution in [2.75, 3.05) is 38.2 Å². The van der Waals surface area contributed by atoms with Crippen molar-refractivity contribution in [2.45, 2.75) is 63.3 Å². The number of fused-ring (bicyclic) bond motifs is 2. The summed E-state index contributed by atoms with van der Waals surface area (Å²) in [5.41, 5.74) is 8.78. The molecule has 0 aromatic heterocycles. The maximum atomic E-state index is 13.8. The molecule has 0 radical (unpaired) electrons. The second-order valence-corrected chi connectivity index (χ2v) is 10.3. The van der Waals surface area contributed by atoms with Crippen molar-refractivity contribution < 1.29 is 9.63 Å². The van der Waals surface area contributed by atoms with Crippen molar-refractivity contribution in [3.05, 3.63) is 47.1 Å². The number of aryl methyl sites for hydroxylation is 1. The fraction of sp³-hybridized carbons (Fsp3) is 0.556. The fourth-order valence-corrected chi connectivity index (χ4v) is 6.85. The van der Waals surface area contributed by atoms with Gasteiger partial charge in [-0.1, -0.05) is 12.1 Å². The summed E-state index contributed by atoms with van der Waals surface area (Å²) >= 11 is 0. The van der Waals surface area contributed by atoms with Crippen molar-refractivity contribution in [2.24, 2.45) is 5.10 Å². The van der Waals surface area contributed by atoms with Crippen LogP contribution in [0.2, 0.25) is 0 Å². The van der Waals surface area contributed by atoms with Crippen LogP contribution in [0.15, 0.2) is 35.5 Å². The van der Waals surface area contributed by atoms with Gasteiger partial charge >= 0.3 is 0 Å². The Hall–Kier alpha value is -2.44. The number of benzene rings is 1. The maximum Gasteiger partial charge on any atom is 0.237 e. The number of allylic oxidation sites excluding steroid dienone is 2. The number of piperidine rings is 1. The molecule has 6 rings (SSSR count). The van der Waals surface area contributed by atoms with E-state index in [1.54, 1.807) is 7.11 Å². The predicted molar refractivity (Wildman–Crippen MR) is 131 cm³/mol. The monoisotopic (exact) mass is 446 g/mol. The first-order valence-electron chi connectivity index (χ1n) is 12.5. The third-order valence-electron chi connectivity index (χ3n) is 8.76. The molecule has 174 valence electrons.